The Kier molecular flexibility index (Phi) is 22.1. The van der Waals surface area contributed by atoms with E-state index in [9.17, 15) is 19.5 Å². The van der Waals surface area contributed by atoms with Crippen LogP contribution in [0.4, 0.5) is 4.79 Å². The highest BCUT2D eigenvalue weighted by atomic mass is 16.6. The monoisotopic (exact) mass is 483 g/mol. The van der Waals surface area contributed by atoms with Crippen LogP contribution < -0.4 is 0 Å². The van der Waals surface area contributed by atoms with Gasteiger partial charge < -0.3 is 14.7 Å². The van der Waals surface area contributed by atoms with Crippen molar-refractivity contribution >= 4 is 18.3 Å². The predicted molar refractivity (Wildman–Crippen MR) is 139 cm³/mol. The first-order valence-corrected chi connectivity index (χ1v) is 14.1. The minimum absolute atomic E-state index is 0.235. The minimum Gasteiger partial charge on any atom is -0.481 e. The number of carbonyl (C=O) groups is 3. The molecule has 34 heavy (non-hydrogen) atoms. The Bertz CT molecular complexity index is 501. The number of aliphatic carboxylic acids is 1. The number of carbonyl (C=O) groups excluding carboxylic acids is 2. The summed E-state index contributed by atoms with van der Waals surface area (Å²) in [6.45, 7) is 7.42. The van der Waals surface area contributed by atoms with Gasteiger partial charge in [-0.2, -0.15) is 0 Å². The van der Waals surface area contributed by atoms with Crippen LogP contribution in [0, 0.1) is 11.8 Å². The van der Waals surface area contributed by atoms with E-state index >= 15 is 0 Å². The molecule has 0 saturated heterocycles. The molecule has 0 aromatic heterocycles. The van der Waals surface area contributed by atoms with E-state index in [0.29, 0.717) is 38.1 Å². The molecule has 1 atom stereocenters. The molecule has 6 nitrogen and oxygen atoms in total. The van der Waals surface area contributed by atoms with Crippen molar-refractivity contribution in [1.82, 2.24) is 4.90 Å². The summed E-state index contributed by atoms with van der Waals surface area (Å²) in [5.74, 6) is -0.617. The van der Waals surface area contributed by atoms with E-state index in [-0.39, 0.29) is 12.5 Å². The Morgan fingerprint density at radius 3 is 1.85 bits per heavy atom. The molecule has 0 aromatic rings. The van der Waals surface area contributed by atoms with E-state index in [0.717, 1.165) is 38.5 Å². The molecule has 0 radical (unpaired) electrons. The Morgan fingerprint density at radius 2 is 1.29 bits per heavy atom. The molecule has 0 saturated carbocycles. The van der Waals surface area contributed by atoms with Crippen LogP contribution in [0.3, 0.4) is 0 Å². The van der Waals surface area contributed by atoms with Crippen LogP contribution in [-0.4, -0.2) is 48.1 Å². The molecular weight excluding hydrogens is 430 g/mol. The van der Waals surface area contributed by atoms with Gasteiger partial charge >= 0.3 is 12.1 Å². The van der Waals surface area contributed by atoms with Gasteiger partial charge in [-0.3, -0.25) is 9.59 Å². The fraction of sp³-hybridized carbons (Fsp3) is 0.893. The lowest BCUT2D eigenvalue weighted by Gasteiger charge is -2.24. The molecule has 6 heteroatoms. The standard InChI is InChI=1S/C28H53NO5/c1-4-7-10-11-12-15-20-29(28(33)34-23-22-30)21-16-19-26(27(31)32)24-25(17-13-8-5-2)18-14-9-6-3/h22,25-26H,4-21,23-24H2,1-3H3,(H,31,32). The highest BCUT2D eigenvalue weighted by molar-refractivity contribution is 5.70. The third kappa shape index (κ3) is 17.8. The lowest BCUT2D eigenvalue weighted by atomic mass is 9.84. The number of ether oxygens (including phenoxy) is 1. The number of aldehydes is 1. The van der Waals surface area contributed by atoms with Crippen molar-refractivity contribution < 1.29 is 24.2 Å². The van der Waals surface area contributed by atoms with E-state index in [1.54, 1.807) is 4.90 Å². The summed E-state index contributed by atoms with van der Waals surface area (Å²) in [6.07, 6.45) is 18.2. The number of carboxylic acid groups (broad SMARTS) is 1. The maximum absolute atomic E-state index is 12.4. The lowest BCUT2D eigenvalue weighted by Crippen LogP contribution is -2.34. The van der Waals surface area contributed by atoms with Crippen molar-refractivity contribution in [2.24, 2.45) is 11.8 Å². The Balaban J connectivity index is 4.76. The van der Waals surface area contributed by atoms with Crippen LogP contribution in [0.15, 0.2) is 0 Å². The molecule has 1 amide bonds. The highest BCUT2D eigenvalue weighted by Crippen LogP contribution is 2.27. The predicted octanol–water partition coefficient (Wildman–Crippen LogP) is 7.63. The fourth-order valence-electron chi connectivity index (χ4n) is 4.59. The second-order valence-electron chi connectivity index (χ2n) is 9.77. The van der Waals surface area contributed by atoms with E-state index in [4.69, 9.17) is 4.74 Å². The van der Waals surface area contributed by atoms with Crippen molar-refractivity contribution in [1.29, 1.82) is 0 Å². The summed E-state index contributed by atoms with van der Waals surface area (Å²) in [5, 5.41) is 9.86. The molecule has 0 aromatic carbocycles. The normalized spacial score (nSPS) is 12.0. The zero-order chi connectivity index (χ0) is 25.4. The van der Waals surface area contributed by atoms with Crippen molar-refractivity contribution in [3.05, 3.63) is 0 Å². The Morgan fingerprint density at radius 1 is 0.765 bits per heavy atom. The quantitative estimate of drug-likeness (QED) is 0.113. The third-order valence-corrected chi connectivity index (χ3v) is 6.69. The van der Waals surface area contributed by atoms with Crippen molar-refractivity contribution in [3.8, 4) is 0 Å². The van der Waals surface area contributed by atoms with Gasteiger partial charge in [-0.05, 0) is 31.6 Å². The molecular formula is C28H53NO5. The van der Waals surface area contributed by atoms with Crippen LogP contribution in [0.1, 0.15) is 130 Å². The smallest absolute Gasteiger partial charge is 0.410 e. The number of rotatable bonds is 24. The van der Waals surface area contributed by atoms with Crippen LogP contribution in [0.2, 0.25) is 0 Å². The summed E-state index contributed by atoms with van der Waals surface area (Å²) < 4.78 is 5.03. The second kappa shape index (κ2) is 23.2. The van der Waals surface area contributed by atoms with Gasteiger partial charge in [0.1, 0.15) is 6.61 Å². The van der Waals surface area contributed by atoms with Gasteiger partial charge in [0.05, 0.1) is 5.92 Å². The maximum atomic E-state index is 12.4. The van der Waals surface area contributed by atoms with Gasteiger partial charge in [-0.1, -0.05) is 104 Å². The summed E-state index contributed by atoms with van der Waals surface area (Å²) in [6, 6.07) is 0. The number of hydrogen-bond donors (Lipinski definition) is 1. The SMILES string of the molecule is CCCCCCCCN(CCCC(CC(CCCCC)CCCCC)C(=O)O)C(=O)OCC=O. The first-order valence-electron chi connectivity index (χ1n) is 14.1. The first-order chi connectivity index (χ1) is 16.5. The average molecular weight is 484 g/mol. The van der Waals surface area contributed by atoms with Crippen LogP contribution in [0.25, 0.3) is 0 Å². The largest absolute Gasteiger partial charge is 0.481 e. The molecule has 0 aliphatic carbocycles. The summed E-state index contributed by atoms with van der Waals surface area (Å²) in [7, 11) is 0. The zero-order valence-corrected chi connectivity index (χ0v) is 22.4. The average Bonchev–Trinajstić information content (AvgIpc) is 2.82. The molecule has 0 fully saturated rings. The topological polar surface area (TPSA) is 83.9 Å². The molecule has 200 valence electrons. The minimum atomic E-state index is -0.720. The second-order valence-corrected chi connectivity index (χ2v) is 9.77. The van der Waals surface area contributed by atoms with Crippen molar-refractivity contribution in [3.63, 3.8) is 0 Å². The summed E-state index contributed by atoms with van der Waals surface area (Å²) in [5.41, 5.74) is 0. The Labute approximate surface area is 209 Å². The van der Waals surface area contributed by atoms with Crippen LogP contribution in [-0.2, 0) is 14.3 Å². The van der Waals surface area contributed by atoms with Crippen molar-refractivity contribution in [2.75, 3.05) is 19.7 Å². The molecule has 0 rings (SSSR count). The van der Waals surface area contributed by atoms with Gasteiger partial charge in [0.25, 0.3) is 0 Å². The first kappa shape index (κ1) is 32.4. The molecule has 0 aliphatic heterocycles. The maximum Gasteiger partial charge on any atom is 0.410 e. The van der Waals surface area contributed by atoms with Gasteiger partial charge in [0.2, 0.25) is 0 Å². The van der Waals surface area contributed by atoms with Gasteiger partial charge in [-0.15, -0.1) is 0 Å². The zero-order valence-electron chi connectivity index (χ0n) is 22.4. The van der Waals surface area contributed by atoms with Gasteiger partial charge in [-0.25, -0.2) is 4.79 Å². The van der Waals surface area contributed by atoms with Crippen LogP contribution in [0.5, 0.6) is 0 Å². The number of carboxylic acids is 1. The molecule has 0 spiro atoms. The van der Waals surface area contributed by atoms with Gasteiger partial charge in [0.15, 0.2) is 6.29 Å². The summed E-state index contributed by atoms with van der Waals surface area (Å²) in [4.78, 5) is 36.6. The molecule has 0 heterocycles. The number of hydrogen-bond acceptors (Lipinski definition) is 4. The van der Waals surface area contributed by atoms with Crippen LogP contribution >= 0.6 is 0 Å². The Hall–Kier alpha value is -1.59. The molecule has 0 bridgehead atoms. The molecule has 1 unspecified atom stereocenters. The van der Waals surface area contributed by atoms with E-state index in [1.165, 1.54) is 57.8 Å². The highest BCUT2D eigenvalue weighted by Gasteiger charge is 2.23. The molecule has 1 N–H and O–H groups in total. The van der Waals surface area contributed by atoms with E-state index < -0.39 is 12.1 Å². The number of nitrogens with zero attached hydrogens (tertiary/aromatic N) is 1. The molecule has 0 aliphatic rings. The van der Waals surface area contributed by atoms with Gasteiger partial charge in [0, 0.05) is 13.1 Å². The fourth-order valence-corrected chi connectivity index (χ4v) is 4.59. The lowest BCUT2D eigenvalue weighted by molar-refractivity contribution is -0.142. The van der Waals surface area contributed by atoms with E-state index in [1.807, 2.05) is 0 Å². The number of amides is 1. The number of unbranched alkanes of at least 4 members (excludes halogenated alkanes) is 9. The summed E-state index contributed by atoms with van der Waals surface area (Å²) >= 11 is 0. The third-order valence-electron chi connectivity index (χ3n) is 6.69. The van der Waals surface area contributed by atoms with E-state index in [2.05, 4.69) is 20.8 Å². The van der Waals surface area contributed by atoms with Crippen molar-refractivity contribution in [2.45, 2.75) is 130 Å².